The first-order valence-corrected chi connectivity index (χ1v) is 35.1. The van der Waals surface area contributed by atoms with Gasteiger partial charge >= 0.3 is 0 Å². The van der Waals surface area contributed by atoms with Crippen LogP contribution in [0.2, 0.25) is 0 Å². The van der Waals surface area contributed by atoms with E-state index >= 15 is 0 Å². The Morgan fingerprint density at radius 2 is 0.821 bits per heavy atom. The van der Waals surface area contributed by atoms with Gasteiger partial charge in [0.25, 0.3) is 0 Å². The number of hydrogen-bond acceptors (Lipinski definition) is 8. The summed E-state index contributed by atoms with van der Waals surface area (Å²) in [6.07, 6.45) is 11.2. The van der Waals surface area contributed by atoms with Gasteiger partial charge in [-0.25, -0.2) is 38.2 Å². The molecule has 18 rings (SSSR count). The Labute approximate surface area is 636 Å². The Hall–Kier alpha value is -12.3. The molecule has 0 saturated carbocycles. The lowest BCUT2D eigenvalue weighted by Crippen LogP contribution is -2.31. The van der Waals surface area contributed by atoms with Gasteiger partial charge in [0.1, 0.15) is 28.2 Å². The van der Waals surface area contributed by atoms with Crippen molar-refractivity contribution < 1.29 is 53.8 Å². The van der Waals surface area contributed by atoms with E-state index in [1.807, 2.05) is 87.0 Å². The lowest BCUT2D eigenvalue weighted by Gasteiger charge is -2.10. The van der Waals surface area contributed by atoms with E-state index in [1.165, 1.54) is 45.9 Å². The van der Waals surface area contributed by atoms with E-state index in [4.69, 9.17) is 35.5 Å². The normalized spacial score (nSPS) is 14.4. The number of nitrogens with zero attached hydrogens (tertiary/aromatic N) is 8. The van der Waals surface area contributed by atoms with Crippen molar-refractivity contribution in [3.05, 3.63) is 286 Å². The number of pyridine rings is 8. The Kier molecular flexibility index (Phi) is 14.6. The number of aryl methyl sites for hydroxylation is 15. The average Bonchev–Trinajstić information content (AvgIpc) is 1.62. The molecule has 6 aromatic carbocycles. The van der Waals surface area contributed by atoms with Crippen LogP contribution in [0.5, 0.6) is 0 Å². The van der Waals surface area contributed by atoms with Crippen LogP contribution in [0.4, 0.5) is 0 Å². The maximum atomic E-state index is 8.51. The van der Waals surface area contributed by atoms with Crippen LogP contribution in [-0.4, -0.2) is 19.9 Å². The zero-order chi connectivity index (χ0) is 85.0. The second-order valence-electron chi connectivity index (χ2n) is 27.6. The Balaban J connectivity index is 0.000000124. The SMILES string of the molecule is Cc1cc(-c2c(C)ccc3c2oc2ncccc23)[n+](C)cc1-c1ccccc1.Cc1ccc2c(oc3ncccc32)c1-c1ccc(-c2ccccc2)c[n+]1C.[2H]C([2H])([2H])c1c[n+](C)c(-c2c(C)cc(C([2H])([2H])[2H])c3c2oc2nc(C)ccc23)cc1C.[2H]C([2H])([2H])c1cc(C)c(-c2cc(C([2H])(C)C([2H])([2H])[2H])cc[n+]2C)c2oc3nc(C)ccc3c12. The fourth-order valence-corrected chi connectivity index (χ4v) is 14.6. The Morgan fingerprint density at radius 1 is 0.349 bits per heavy atom. The highest BCUT2D eigenvalue weighted by Crippen LogP contribution is 2.43. The monoisotopic (exact) mass is 1410 g/mol. The predicted octanol–water partition coefficient (Wildman–Crippen LogP) is 21.7. The number of aromatic nitrogens is 8. The lowest BCUT2D eigenvalue weighted by atomic mass is 9.95. The van der Waals surface area contributed by atoms with E-state index < -0.39 is 33.3 Å². The highest BCUT2D eigenvalue weighted by molar-refractivity contribution is 6.13. The third kappa shape index (κ3) is 12.7. The van der Waals surface area contributed by atoms with Crippen molar-refractivity contribution >= 4 is 88.3 Å². The number of rotatable bonds is 7. The summed E-state index contributed by atoms with van der Waals surface area (Å²) in [6, 6.07) is 59.8. The minimum Gasteiger partial charge on any atom is -0.437 e. The zero-order valence-corrected chi connectivity index (χ0v) is 61.5. The Morgan fingerprint density at radius 3 is 1.35 bits per heavy atom. The van der Waals surface area contributed by atoms with Crippen molar-refractivity contribution in [3.8, 4) is 67.3 Å². The molecule has 0 aliphatic heterocycles. The molecule has 12 heterocycles. The van der Waals surface area contributed by atoms with E-state index in [2.05, 4.69) is 179 Å². The standard InChI is InChI=1S/C25H21N2O.C24H19N2O.C23H25N2O.C22H23N2O/c1-16-11-12-19-20-10-7-13-26-25(20)28-24(19)23(16)22-14-17(2)21(15-27(22)3)18-8-5-4-6-9-18;1-16-10-12-19-20-9-6-14-25-24(20)27-23(19)22(16)21-13-11-18(15-26(21)2)17-7-4-3-5-8-17;1-13(2)17-9-10-25(6)19(12-17)21-15(4)11-14(3)20-18-8-7-16(5)24-23(18)26-22(20)21;1-12-10-18(24(6)11-15(12)4)20-14(3)9-13(2)19-17-8-7-16(5)23-22(17)25-21(19)20/h4-15H,1-3H3;3-15H,1-2H3;7-13H,1-6H3;7-11H,1-6H3/q4*+1/i;;1D3,3D3,13D;2D3,4D3. The third-order valence-electron chi connectivity index (χ3n) is 20.0. The molecule has 0 aliphatic carbocycles. The summed E-state index contributed by atoms with van der Waals surface area (Å²) < 4.78 is 136. The predicted molar refractivity (Wildman–Crippen MR) is 430 cm³/mol. The first kappa shape index (κ1) is 55.3. The molecule has 524 valence electrons. The molecule has 0 radical (unpaired) electrons. The van der Waals surface area contributed by atoms with Gasteiger partial charge in [-0.15, -0.1) is 0 Å². The topological polar surface area (TPSA) is 120 Å². The van der Waals surface area contributed by atoms with Crippen LogP contribution < -0.4 is 18.3 Å². The molecule has 12 heteroatoms. The fourth-order valence-electron chi connectivity index (χ4n) is 14.6. The van der Waals surface area contributed by atoms with E-state index in [9.17, 15) is 0 Å². The summed E-state index contributed by atoms with van der Waals surface area (Å²) in [5.41, 5.74) is 24.9. The zero-order valence-electron chi connectivity index (χ0n) is 74.5. The number of furan rings is 4. The molecule has 0 saturated heterocycles. The Bertz CT molecular complexity index is 7060. The van der Waals surface area contributed by atoms with Crippen molar-refractivity contribution in [2.75, 3.05) is 0 Å². The summed E-state index contributed by atoms with van der Waals surface area (Å²) in [6.45, 7) is 7.42. The van der Waals surface area contributed by atoms with E-state index in [0.717, 1.165) is 83.4 Å². The van der Waals surface area contributed by atoms with Gasteiger partial charge in [0.15, 0.2) is 47.1 Å². The van der Waals surface area contributed by atoms with Gasteiger partial charge in [-0.05, 0) is 198 Å². The van der Waals surface area contributed by atoms with Gasteiger partial charge in [0.05, 0.1) is 22.3 Å². The lowest BCUT2D eigenvalue weighted by molar-refractivity contribution is -0.660. The van der Waals surface area contributed by atoms with Crippen LogP contribution in [0.25, 0.3) is 156 Å². The van der Waals surface area contributed by atoms with Gasteiger partial charge in [0.2, 0.25) is 45.6 Å². The van der Waals surface area contributed by atoms with Crippen LogP contribution in [0.3, 0.4) is 0 Å². The molecule has 1 unspecified atom stereocenters. The second-order valence-corrected chi connectivity index (χ2v) is 27.6. The minimum atomic E-state index is -2.53. The highest BCUT2D eigenvalue weighted by Gasteiger charge is 2.28. The third-order valence-corrected chi connectivity index (χ3v) is 20.0. The van der Waals surface area contributed by atoms with Crippen molar-refractivity contribution in [1.29, 1.82) is 0 Å². The smallest absolute Gasteiger partial charge is 0.227 e. The molecule has 0 amide bonds. The quantitative estimate of drug-likeness (QED) is 0.145. The molecule has 1 atom stereocenters. The number of benzene rings is 6. The van der Waals surface area contributed by atoms with Crippen LogP contribution in [-0.2, 0) is 28.2 Å². The molecule has 12 nitrogen and oxygen atoms in total. The second kappa shape index (κ2) is 28.1. The minimum absolute atomic E-state index is 0.176. The maximum absolute atomic E-state index is 8.51. The van der Waals surface area contributed by atoms with Crippen molar-refractivity contribution in [3.63, 3.8) is 0 Å². The molecule has 0 N–H and O–H groups in total. The molecule has 0 aliphatic rings. The van der Waals surface area contributed by atoms with E-state index in [-0.39, 0.29) is 16.7 Å². The molecule has 0 bridgehead atoms. The van der Waals surface area contributed by atoms with Gasteiger partial charge in [-0.1, -0.05) is 111 Å². The summed E-state index contributed by atoms with van der Waals surface area (Å²) in [5, 5.41) is 6.55. The summed E-state index contributed by atoms with van der Waals surface area (Å²) >= 11 is 0. The molecule has 0 spiro atoms. The van der Waals surface area contributed by atoms with Crippen LogP contribution >= 0.6 is 0 Å². The highest BCUT2D eigenvalue weighted by atomic mass is 16.4. The average molecular weight is 1410 g/mol. The molecular weight excluding hydrogens is 1310 g/mol. The van der Waals surface area contributed by atoms with Gasteiger partial charge in [-0.3, -0.25) is 0 Å². The molecular formula is C94H88N8O4+4. The summed E-state index contributed by atoms with van der Waals surface area (Å²) in [7, 11) is 7.77. The summed E-state index contributed by atoms with van der Waals surface area (Å²) in [5.74, 6) is -1.83. The first-order chi connectivity index (χ1) is 56.3. The van der Waals surface area contributed by atoms with E-state index in [1.54, 1.807) is 74.5 Å². The summed E-state index contributed by atoms with van der Waals surface area (Å²) in [4.78, 5) is 17.7. The molecule has 0 fully saturated rings. The van der Waals surface area contributed by atoms with Crippen molar-refractivity contribution in [1.82, 2.24) is 19.9 Å². The fraction of sp³-hybridized carbons (Fsp3) is 0.191. The van der Waals surface area contributed by atoms with Crippen LogP contribution in [0.1, 0.15) is 105 Å². The first-order valence-electron chi connectivity index (χ1n) is 41.6. The number of fused-ring (bicyclic) bond motifs is 12. The van der Waals surface area contributed by atoms with Crippen molar-refractivity contribution in [2.24, 2.45) is 28.2 Å². The molecule has 18 aromatic rings. The molecule has 106 heavy (non-hydrogen) atoms. The molecule has 12 aromatic heterocycles. The van der Waals surface area contributed by atoms with Crippen molar-refractivity contribution in [2.45, 2.75) is 95.6 Å². The van der Waals surface area contributed by atoms with Gasteiger partial charge in [0, 0.05) is 132 Å². The largest absolute Gasteiger partial charge is 0.437 e. The van der Waals surface area contributed by atoms with Crippen LogP contribution in [0, 0.1) is 75.9 Å². The van der Waals surface area contributed by atoms with E-state index in [0.29, 0.717) is 83.5 Å². The van der Waals surface area contributed by atoms with Gasteiger partial charge in [-0.2, -0.15) is 0 Å². The maximum Gasteiger partial charge on any atom is 0.227 e. The number of hydrogen-bond donors (Lipinski definition) is 0. The van der Waals surface area contributed by atoms with Gasteiger partial charge < -0.3 is 17.7 Å². The van der Waals surface area contributed by atoms with Crippen LogP contribution in [0.15, 0.2) is 237 Å².